The number of aromatic nitrogens is 1. The molecule has 1 unspecified atom stereocenters. The molecule has 1 fully saturated rings. The predicted molar refractivity (Wildman–Crippen MR) is 63.0 cm³/mol. The first-order valence-electron chi connectivity index (χ1n) is 5.62. The summed E-state index contributed by atoms with van der Waals surface area (Å²) in [6.45, 7) is 1.69. The summed E-state index contributed by atoms with van der Waals surface area (Å²) in [5.41, 5.74) is 2.46. The molecule has 0 spiro atoms. The Morgan fingerprint density at radius 1 is 1.44 bits per heavy atom. The van der Waals surface area contributed by atoms with Crippen LogP contribution in [0.5, 0.6) is 5.75 Å². The third-order valence-electron chi connectivity index (χ3n) is 3.29. The zero-order valence-corrected chi connectivity index (χ0v) is 9.32. The highest BCUT2D eigenvalue weighted by Gasteiger charge is 2.22. The zero-order valence-electron chi connectivity index (χ0n) is 9.32. The lowest BCUT2D eigenvalue weighted by atomic mass is 9.97. The summed E-state index contributed by atoms with van der Waals surface area (Å²) in [5, 5.41) is 1.21. The van der Waals surface area contributed by atoms with Crippen molar-refractivity contribution < 1.29 is 9.47 Å². The van der Waals surface area contributed by atoms with Crippen LogP contribution in [0.25, 0.3) is 10.9 Å². The lowest BCUT2D eigenvalue weighted by Gasteiger charge is -2.08. The fourth-order valence-corrected chi connectivity index (χ4v) is 2.45. The number of nitrogens with one attached hydrogen (secondary N) is 1. The van der Waals surface area contributed by atoms with Gasteiger partial charge in [0.25, 0.3) is 0 Å². The van der Waals surface area contributed by atoms with Crippen molar-refractivity contribution >= 4 is 10.9 Å². The normalized spacial score (nSPS) is 20.4. The Balaban J connectivity index is 2.16. The standard InChI is InChI=1S/C13H15NO2/c1-15-12-4-2-3-11-13(12)10(7-14-11)9-5-6-16-8-9/h2-4,7,9,14H,5-6,8H2,1H3. The van der Waals surface area contributed by atoms with Crippen LogP contribution in [0.4, 0.5) is 0 Å². The van der Waals surface area contributed by atoms with Crippen LogP contribution >= 0.6 is 0 Å². The Morgan fingerprint density at radius 2 is 2.38 bits per heavy atom. The van der Waals surface area contributed by atoms with Crippen LogP contribution in [0.1, 0.15) is 17.9 Å². The summed E-state index contributed by atoms with van der Waals surface area (Å²) in [5.74, 6) is 1.45. The van der Waals surface area contributed by atoms with Crippen LogP contribution < -0.4 is 4.74 Å². The van der Waals surface area contributed by atoms with Crippen molar-refractivity contribution in [1.82, 2.24) is 4.98 Å². The smallest absolute Gasteiger partial charge is 0.128 e. The molecule has 1 saturated heterocycles. The number of hydrogen-bond acceptors (Lipinski definition) is 2. The molecule has 1 aliphatic heterocycles. The summed E-state index contributed by atoms with van der Waals surface area (Å²) in [6.07, 6.45) is 3.19. The maximum Gasteiger partial charge on any atom is 0.128 e. The highest BCUT2D eigenvalue weighted by atomic mass is 16.5. The lowest BCUT2D eigenvalue weighted by molar-refractivity contribution is 0.194. The van der Waals surface area contributed by atoms with Gasteiger partial charge in [0.1, 0.15) is 5.75 Å². The van der Waals surface area contributed by atoms with Gasteiger partial charge in [-0.15, -0.1) is 0 Å². The molecule has 2 heterocycles. The number of aromatic amines is 1. The van der Waals surface area contributed by atoms with Crippen LogP contribution in [-0.2, 0) is 4.74 Å². The first-order chi connectivity index (χ1) is 7.90. The van der Waals surface area contributed by atoms with Crippen molar-refractivity contribution in [1.29, 1.82) is 0 Å². The second-order valence-electron chi connectivity index (χ2n) is 4.19. The number of benzene rings is 1. The lowest BCUT2D eigenvalue weighted by Crippen LogP contribution is -1.96. The molecular weight excluding hydrogens is 202 g/mol. The molecule has 0 bridgehead atoms. The largest absolute Gasteiger partial charge is 0.496 e. The Bertz CT molecular complexity index is 498. The fourth-order valence-electron chi connectivity index (χ4n) is 2.45. The molecule has 16 heavy (non-hydrogen) atoms. The topological polar surface area (TPSA) is 34.2 Å². The van der Waals surface area contributed by atoms with E-state index in [0.29, 0.717) is 5.92 Å². The van der Waals surface area contributed by atoms with E-state index in [1.54, 1.807) is 7.11 Å². The van der Waals surface area contributed by atoms with E-state index in [1.807, 2.05) is 12.1 Å². The van der Waals surface area contributed by atoms with Gasteiger partial charge in [-0.1, -0.05) is 6.07 Å². The van der Waals surface area contributed by atoms with Gasteiger partial charge in [-0.05, 0) is 24.1 Å². The number of rotatable bonds is 2. The van der Waals surface area contributed by atoms with Crippen LogP contribution in [-0.4, -0.2) is 25.3 Å². The molecule has 0 aliphatic carbocycles. The SMILES string of the molecule is COc1cccc2[nH]cc(C3CCOC3)c12. The highest BCUT2D eigenvalue weighted by Crippen LogP contribution is 2.36. The molecule has 1 N–H and O–H groups in total. The minimum Gasteiger partial charge on any atom is -0.496 e. The van der Waals surface area contributed by atoms with Gasteiger partial charge in [0.15, 0.2) is 0 Å². The van der Waals surface area contributed by atoms with Crippen LogP contribution in [0.15, 0.2) is 24.4 Å². The van der Waals surface area contributed by atoms with Crippen LogP contribution in [0.2, 0.25) is 0 Å². The molecule has 84 valence electrons. The van der Waals surface area contributed by atoms with Gasteiger partial charge in [-0.3, -0.25) is 0 Å². The van der Waals surface area contributed by atoms with E-state index in [9.17, 15) is 0 Å². The van der Waals surface area contributed by atoms with E-state index >= 15 is 0 Å². The van der Waals surface area contributed by atoms with Crippen LogP contribution in [0.3, 0.4) is 0 Å². The van der Waals surface area contributed by atoms with Gasteiger partial charge >= 0.3 is 0 Å². The van der Waals surface area contributed by atoms with Crippen molar-refractivity contribution in [2.75, 3.05) is 20.3 Å². The molecule has 2 aromatic rings. The van der Waals surface area contributed by atoms with Crippen molar-refractivity contribution in [3.63, 3.8) is 0 Å². The maximum atomic E-state index is 5.45. The van der Waals surface area contributed by atoms with Crippen LogP contribution in [0, 0.1) is 0 Å². The Morgan fingerprint density at radius 3 is 3.12 bits per heavy atom. The maximum absolute atomic E-state index is 5.45. The molecule has 3 nitrogen and oxygen atoms in total. The summed E-state index contributed by atoms with van der Waals surface area (Å²) in [7, 11) is 1.72. The summed E-state index contributed by atoms with van der Waals surface area (Å²) >= 11 is 0. The van der Waals surface area contributed by atoms with Gasteiger partial charge in [0, 0.05) is 29.6 Å². The Labute approximate surface area is 94.4 Å². The van der Waals surface area contributed by atoms with E-state index < -0.39 is 0 Å². The molecule has 1 aromatic carbocycles. The van der Waals surface area contributed by atoms with Crippen molar-refractivity contribution in [3.05, 3.63) is 30.0 Å². The van der Waals surface area contributed by atoms with E-state index in [0.717, 1.165) is 30.9 Å². The minimum atomic E-state index is 0.505. The molecule has 1 atom stereocenters. The minimum absolute atomic E-state index is 0.505. The molecule has 1 aliphatic rings. The quantitative estimate of drug-likeness (QED) is 0.839. The monoisotopic (exact) mass is 217 g/mol. The Kier molecular flexibility index (Phi) is 2.33. The summed E-state index contributed by atoms with van der Waals surface area (Å²) < 4.78 is 10.9. The predicted octanol–water partition coefficient (Wildman–Crippen LogP) is 2.68. The first kappa shape index (κ1) is 9.73. The van der Waals surface area contributed by atoms with Gasteiger partial charge in [-0.25, -0.2) is 0 Å². The number of H-pyrrole nitrogens is 1. The molecule has 0 saturated carbocycles. The fraction of sp³-hybridized carbons (Fsp3) is 0.385. The average Bonchev–Trinajstić information content (AvgIpc) is 2.96. The molecule has 1 aromatic heterocycles. The van der Waals surface area contributed by atoms with Crippen molar-refractivity contribution in [3.8, 4) is 5.75 Å². The Hall–Kier alpha value is -1.48. The first-order valence-corrected chi connectivity index (χ1v) is 5.62. The van der Waals surface area contributed by atoms with E-state index in [-0.39, 0.29) is 0 Å². The molecule has 0 radical (unpaired) electrons. The number of hydrogen-bond donors (Lipinski definition) is 1. The van der Waals surface area contributed by atoms with Crippen molar-refractivity contribution in [2.24, 2.45) is 0 Å². The van der Waals surface area contributed by atoms with Gasteiger partial charge < -0.3 is 14.5 Å². The molecule has 3 rings (SSSR count). The average molecular weight is 217 g/mol. The highest BCUT2D eigenvalue weighted by molar-refractivity contribution is 5.89. The third-order valence-corrected chi connectivity index (χ3v) is 3.29. The summed E-state index contributed by atoms with van der Waals surface area (Å²) in [6, 6.07) is 6.10. The van der Waals surface area contributed by atoms with Gasteiger partial charge in [0.05, 0.1) is 13.7 Å². The number of fused-ring (bicyclic) bond motifs is 1. The molecule has 0 amide bonds. The van der Waals surface area contributed by atoms with E-state index in [4.69, 9.17) is 9.47 Å². The van der Waals surface area contributed by atoms with Gasteiger partial charge in [-0.2, -0.15) is 0 Å². The zero-order chi connectivity index (χ0) is 11.0. The third kappa shape index (κ3) is 1.39. The number of methoxy groups -OCH3 is 1. The van der Waals surface area contributed by atoms with Crippen molar-refractivity contribution in [2.45, 2.75) is 12.3 Å². The van der Waals surface area contributed by atoms with Gasteiger partial charge in [0.2, 0.25) is 0 Å². The second kappa shape index (κ2) is 3.83. The summed E-state index contributed by atoms with van der Waals surface area (Å²) in [4.78, 5) is 3.30. The number of ether oxygens (including phenoxy) is 2. The van der Waals surface area contributed by atoms with E-state index in [2.05, 4.69) is 17.2 Å². The molecular formula is C13H15NO2. The van der Waals surface area contributed by atoms with E-state index in [1.165, 1.54) is 10.9 Å². The second-order valence-corrected chi connectivity index (χ2v) is 4.19. The molecule has 3 heteroatoms.